The van der Waals surface area contributed by atoms with Crippen LogP contribution in [-0.4, -0.2) is 38.7 Å². The maximum atomic E-state index is 12.1. The summed E-state index contributed by atoms with van der Waals surface area (Å²) in [6, 6.07) is 14.4. The van der Waals surface area contributed by atoms with Crippen LogP contribution >= 0.6 is 0 Å². The zero-order valence-electron chi connectivity index (χ0n) is 16.3. The molecule has 0 heterocycles. The Bertz CT molecular complexity index is 745. The smallest absolute Gasteiger partial charge is 0.243 e. The topological polar surface area (TPSA) is 88.7 Å². The Balaban J connectivity index is 1.75. The first-order chi connectivity index (χ1) is 13.6. The number of benzene rings is 2. The summed E-state index contributed by atoms with van der Waals surface area (Å²) in [4.78, 5) is 23.7. The zero-order valence-corrected chi connectivity index (χ0v) is 16.3. The molecule has 0 spiro atoms. The SMILES string of the molecule is CCCC(=O)Nc1ccc(NCC(=O)Nc2ccc(OCCOC)cc2)cc1. The molecular weight excluding hydrogens is 358 g/mol. The van der Waals surface area contributed by atoms with Gasteiger partial charge < -0.3 is 25.4 Å². The molecular formula is C21H27N3O4. The third-order valence-electron chi connectivity index (χ3n) is 3.79. The van der Waals surface area contributed by atoms with Crippen LogP contribution in [-0.2, 0) is 14.3 Å². The molecule has 0 unspecified atom stereocenters. The molecule has 3 N–H and O–H groups in total. The Hall–Kier alpha value is -3.06. The molecule has 7 heteroatoms. The van der Waals surface area contributed by atoms with Crippen molar-refractivity contribution in [2.75, 3.05) is 42.8 Å². The highest BCUT2D eigenvalue weighted by Gasteiger charge is 2.04. The largest absolute Gasteiger partial charge is 0.491 e. The van der Waals surface area contributed by atoms with E-state index >= 15 is 0 Å². The lowest BCUT2D eigenvalue weighted by molar-refractivity contribution is -0.116. The van der Waals surface area contributed by atoms with Crippen molar-refractivity contribution in [2.24, 2.45) is 0 Å². The fourth-order valence-electron chi connectivity index (χ4n) is 2.39. The summed E-state index contributed by atoms with van der Waals surface area (Å²) in [5.74, 6) is 0.561. The van der Waals surface area contributed by atoms with Gasteiger partial charge in [0.1, 0.15) is 12.4 Å². The number of amides is 2. The van der Waals surface area contributed by atoms with Gasteiger partial charge in [-0.15, -0.1) is 0 Å². The first kappa shape index (κ1) is 21.2. The van der Waals surface area contributed by atoms with Crippen LogP contribution in [0, 0.1) is 0 Å². The molecule has 150 valence electrons. The molecule has 0 bridgehead atoms. The summed E-state index contributed by atoms with van der Waals surface area (Å²) in [7, 11) is 1.62. The molecule has 0 aliphatic carbocycles. The number of rotatable bonds is 11. The van der Waals surface area contributed by atoms with Gasteiger partial charge in [-0.2, -0.15) is 0 Å². The van der Waals surface area contributed by atoms with Gasteiger partial charge in [-0.25, -0.2) is 0 Å². The van der Waals surface area contributed by atoms with Gasteiger partial charge in [0.25, 0.3) is 0 Å². The highest BCUT2D eigenvalue weighted by atomic mass is 16.5. The van der Waals surface area contributed by atoms with Crippen molar-refractivity contribution < 1.29 is 19.1 Å². The highest BCUT2D eigenvalue weighted by Crippen LogP contribution is 2.16. The van der Waals surface area contributed by atoms with Gasteiger partial charge in [-0.1, -0.05) is 6.92 Å². The fraction of sp³-hybridized carbons (Fsp3) is 0.333. The summed E-state index contributed by atoms with van der Waals surface area (Å²) in [5, 5.41) is 8.70. The lowest BCUT2D eigenvalue weighted by Gasteiger charge is -2.10. The molecule has 0 aliphatic rings. The summed E-state index contributed by atoms with van der Waals surface area (Å²) >= 11 is 0. The number of hydrogen-bond donors (Lipinski definition) is 3. The van der Waals surface area contributed by atoms with Crippen molar-refractivity contribution in [3.63, 3.8) is 0 Å². The van der Waals surface area contributed by atoms with E-state index in [0.29, 0.717) is 25.3 Å². The van der Waals surface area contributed by atoms with Crippen molar-refractivity contribution in [2.45, 2.75) is 19.8 Å². The second-order valence-corrected chi connectivity index (χ2v) is 6.14. The lowest BCUT2D eigenvalue weighted by Crippen LogP contribution is -2.21. The highest BCUT2D eigenvalue weighted by molar-refractivity contribution is 5.94. The second kappa shape index (κ2) is 11.6. The quantitative estimate of drug-likeness (QED) is 0.515. The van der Waals surface area contributed by atoms with Gasteiger partial charge in [-0.05, 0) is 55.0 Å². The van der Waals surface area contributed by atoms with E-state index in [1.165, 1.54) is 0 Å². The number of nitrogens with one attached hydrogen (secondary N) is 3. The Morgan fingerprint density at radius 2 is 1.39 bits per heavy atom. The van der Waals surface area contributed by atoms with E-state index in [2.05, 4.69) is 16.0 Å². The third-order valence-corrected chi connectivity index (χ3v) is 3.79. The second-order valence-electron chi connectivity index (χ2n) is 6.14. The minimum absolute atomic E-state index is 0.00213. The molecule has 2 aromatic carbocycles. The number of ether oxygens (including phenoxy) is 2. The normalized spacial score (nSPS) is 10.2. The predicted molar refractivity (Wildman–Crippen MR) is 111 cm³/mol. The van der Waals surface area contributed by atoms with E-state index in [9.17, 15) is 9.59 Å². The fourth-order valence-corrected chi connectivity index (χ4v) is 2.39. The Labute approximate surface area is 165 Å². The summed E-state index contributed by atoms with van der Waals surface area (Å²) in [5.41, 5.74) is 2.23. The van der Waals surface area contributed by atoms with Gasteiger partial charge in [-0.3, -0.25) is 9.59 Å². The number of anilines is 3. The minimum atomic E-state index is -0.159. The maximum Gasteiger partial charge on any atom is 0.243 e. The summed E-state index contributed by atoms with van der Waals surface area (Å²) < 4.78 is 10.4. The van der Waals surface area contributed by atoms with Crippen LogP contribution in [0.2, 0.25) is 0 Å². The first-order valence-electron chi connectivity index (χ1n) is 9.26. The van der Waals surface area contributed by atoms with Crippen LogP contribution in [0.5, 0.6) is 5.75 Å². The van der Waals surface area contributed by atoms with Gasteiger partial charge >= 0.3 is 0 Å². The van der Waals surface area contributed by atoms with E-state index in [1.54, 1.807) is 43.5 Å². The van der Waals surface area contributed by atoms with Gasteiger partial charge in [0.15, 0.2) is 0 Å². The Morgan fingerprint density at radius 1 is 0.821 bits per heavy atom. The molecule has 2 aromatic rings. The molecule has 0 saturated carbocycles. The Morgan fingerprint density at radius 3 is 2.00 bits per heavy atom. The monoisotopic (exact) mass is 385 g/mol. The molecule has 0 aromatic heterocycles. The van der Waals surface area contributed by atoms with Crippen LogP contribution < -0.4 is 20.7 Å². The molecule has 0 radical (unpaired) electrons. The lowest BCUT2D eigenvalue weighted by atomic mass is 10.2. The molecule has 0 atom stereocenters. The van der Waals surface area contributed by atoms with E-state index in [-0.39, 0.29) is 18.4 Å². The van der Waals surface area contributed by atoms with Crippen LogP contribution in [0.1, 0.15) is 19.8 Å². The minimum Gasteiger partial charge on any atom is -0.491 e. The van der Waals surface area contributed by atoms with Crippen LogP contribution in [0.25, 0.3) is 0 Å². The average molecular weight is 385 g/mol. The number of hydrogen-bond acceptors (Lipinski definition) is 5. The van der Waals surface area contributed by atoms with Crippen molar-refractivity contribution in [3.05, 3.63) is 48.5 Å². The molecule has 0 aliphatic heterocycles. The maximum absolute atomic E-state index is 12.1. The van der Waals surface area contributed by atoms with E-state index in [0.717, 1.165) is 23.5 Å². The van der Waals surface area contributed by atoms with Crippen molar-refractivity contribution in [1.82, 2.24) is 0 Å². The first-order valence-corrected chi connectivity index (χ1v) is 9.26. The van der Waals surface area contributed by atoms with E-state index in [1.807, 2.05) is 19.1 Å². The van der Waals surface area contributed by atoms with E-state index in [4.69, 9.17) is 9.47 Å². The predicted octanol–water partition coefficient (Wildman–Crippen LogP) is 3.50. The zero-order chi connectivity index (χ0) is 20.2. The third kappa shape index (κ3) is 7.67. The van der Waals surface area contributed by atoms with Crippen LogP contribution in [0.4, 0.5) is 17.1 Å². The Kier molecular flexibility index (Phi) is 8.81. The summed E-state index contributed by atoms with van der Waals surface area (Å²) in [6.07, 6.45) is 1.31. The molecule has 2 amide bonds. The molecule has 2 rings (SSSR count). The molecule has 28 heavy (non-hydrogen) atoms. The van der Waals surface area contributed by atoms with Gasteiger partial charge in [0, 0.05) is 30.6 Å². The standard InChI is InChI=1S/C21H27N3O4/c1-3-4-20(25)23-17-7-5-16(6-8-17)22-15-21(26)24-18-9-11-19(12-10-18)28-14-13-27-2/h5-12,22H,3-4,13-15H2,1-2H3,(H,23,25)(H,24,26). The number of carbonyl (C=O) groups is 2. The molecule has 0 saturated heterocycles. The van der Waals surface area contributed by atoms with Crippen molar-refractivity contribution in [3.8, 4) is 5.75 Å². The average Bonchev–Trinajstić information content (AvgIpc) is 2.69. The van der Waals surface area contributed by atoms with Crippen LogP contribution in [0.3, 0.4) is 0 Å². The molecule has 7 nitrogen and oxygen atoms in total. The van der Waals surface area contributed by atoms with Crippen molar-refractivity contribution >= 4 is 28.9 Å². The van der Waals surface area contributed by atoms with Gasteiger partial charge in [0.2, 0.25) is 11.8 Å². The van der Waals surface area contributed by atoms with Crippen LogP contribution in [0.15, 0.2) is 48.5 Å². The number of methoxy groups -OCH3 is 1. The van der Waals surface area contributed by atoms with E-state index < -0.39 is 0 Å². The van der Waals surface area contributed by atoms with Crippen molar-refractivity contribution in [1.29, 1.82) is 0 Å². The number of carbonyl (C=O) groups excluding carboxylic acids is 2. The van der Waals surface area contributed by atoms with Gasteiger partial charge in [0.05, 0.1) is 13.2 Å². The summed E-state index contributed by atoms with van der Waals surface area (Å²) in [6.45, 7) is 3.10. The molecule has 0 fully saturated rings.